The first kappa shape index (κ1) is 11.8. The van der Waals surface area contributed by atoms with Crippen LogP contribution in [0.1, 0.15) is 20.8 Å². The molecular formula is C12H10N2O4. The monoisotopic (exact) mass is 246 g/mol. The van der Waals surface area contributed by atoms with Gasteiger partial charge in [-0.1, -0.05) is 30.3 Å². The zero-order chi connectivity index (χ0) is 13.3. The Morgan fingerprint density at radius 3 is 2.22 bits per heavy atom. The second kappa shape index (κ2) is 4.33. The van der Waals surface area contributed by atoms with Gasteiger partial charge < -0.3 is 10.2 Å². The second-order valence-corrected chi connectivity index (χ2v) is 3.67. The molecule has 0 bridgehead atoms. The summed E-state index contributed by atoms with van der Waals surface area (Å²) in [6.07, 6.45) is 0. The van der Waals surface area contributed by atoms with E-state index in [0.717, 1.165) is 0 Å². The number of aromatic carboxylic acids is 2. The van der Waals surface area contributed by atoms with E-state index in [1.807, 2.05) is 0 Å². The number of nitrogens with zero attached hydrogens (tertiary/aromatic N) is 2. The van der Waals surface area contributed by atoms with Crippen LogP contribution < -0.4 is 0 Å². The van der Waals surface area contributed by atoms with Gasteiger partial charge >= 0.3 is 11.9 Å². The molecule has 0 atom stereocenters. The highest BCUT2D eigenvalue weighted by molar-refractivity contribution is 6.05. The average molecular weight is 246 g/mol. The zero-order valence-corrected chi connectivity index (χ0v) is 9.49. The Morgan fingerprint density at radius 2 is 1.72 bits per heavy atom. The van der Waals surface area contributed by atoms with E-state index >= 15 is 0 Å². The van der Waals surface area contributed by atoms with Crippen molar-refractivity contribution < 1.29 is 19.8 Å². The fourth-order valence-electron chi connectivity index (χ4n) is 1.80. The predicted octanol–water partition coefficient (Wildman–Crippen LogP) is 1.48. The highest BCUT2D eigenvalue weighted by Gasteiger charge is 2.27. The standard InChI is InChI=1S/C12H10N2O4/c1-14-10(7-5-3-2-4-6-7)8(11(15)16)9(13-14)12(17)18/h2-6H,1H3,(H,15,16)(H,17,18). The molecule has 0 aliphatic heterocycles. The Hall–Kier alpha value is -2.63. The third-order valence-electron chi connectivity index (χ3n) is 2.51. The fourth-order valence-corrected chi connectivity index (χ4v) is 1.80. The van der Waals surface area contributed by atoms with Crippen molar-refractivity contribution in [3.63, 3.8) is 0 Å². The normalized spacial score (nSPS) is 10.3. The topological polar surface area (TPSA) is 92.4 Å². The van der Waals surface area contributed by atoms with Gasteiger partial charge in [-0.2, -0.15) is 5.10 Å². The van der Waals surface area contributed by atoms with E-state index in [9.17, 15) is 9.59 Å². The third kappa shape index (κ3) is 1.84. The van der Waals surface area contributed by atoms with Gasteiger partial charge in [-0.3, -0.25) is 4.68 Å². The van der Waals surface area contributed by atoms with Gasteiger partial charge in [0.15, 0.2) is 5.69 Å². The zero-order valence-electron chi connectivity index (χ0n) is 9.49. The highest BCUT2D eigenvalue weighted by Crippen LogP contribution is 2.25. The first-order valence-corrected chi connectivity index (χ1v) is 5.11. The first-order chi connectivity index (χ1) is 8.52. The lowest BCUT2D eigenvalue weighted by atomic mass is 10.1. The van der Waals surface area contributed by atoms with E-state index in [-0.39, 0.29) is 11.3 Å². The van der Waals surface area contributed by atoms with Crippen LogP contribution in [-0.2, 0) is 7.05 Å². The van der Waals surface area contributed by atoms with E-state index in [1.54, 1.807) is 30.3 Å². The van der Waals surface area contributed by atoms with Crippen LogP contribution in [-0.4, -0.2) is 31.9 Å². The van der Waals surface area contributed by atoms with Crippen molar-refractivity contribution in [1.82, 2.24) is 9.78 Å². The maximum Gasteiger partial charge on any atom is 0.357 e. The van der Waals surface area contributed by atoms with Crippen molar-refractivity contribution in [2.45, 2.75) is 0 Å². The summed E-state index contributed by atoms with van der Waals surface area (Å²) >= 11 is 0. The molecule has 0 spiro atoms. The van der Waals surface area contributed by atoms with Gasteiger partial charge in [0, 0.05) is 12.6 Å². The quantitative estimate of drug-likeness (QED) is 0.855. The van der Waals surface area contributed by atoms with Crippen LogP contribution in [0, 0.1) is 0 Å². The Balaban J connectivity index is 2.75. The summed E-state index contributed by atoms with van der Waals surface area (Å²) in [5.74, 6) is -2.66. The van der Waals surface area contributed by atoms with Crippen molar-refractivity contribution >= 4 is 11.9 Å². The largest absolute Gasteiger partial charge is 0.478 e. The van der Waals surface area contributed by atoms with Crippen LogP contribution >= 0.6 is 0 Å². The first-order valence-electron chi connectivity index (χ1n) is 5.11. The van der Waals surface area contributed by atoms with Gasteiger partial charge in [-0.05, 0) is 0 Å². The summed E-state index contributed by atoms with van der Waals surface area (Å²) in [5.41, 5.74) is 0.137. The van der Waals surface area contributed by atoms with Gasteiger partial charge in [0.2, 0.25) is 0 Å². The second-order valence-electron chi connectivity index (χ2n) is 3.67. The number of hydrogen-bond acceptors (Lipinski definition) is 3. The van der Waals surface area contributed by atoms with Crippen molar-refractivity contribution in [2.75, 3.05) is 0 Å². The number of rotatable bonds is 3. The minimum absolute atomic E-state index is 0.278. The molecular weight excluding hydrogens is 236 g/mol. The van der Waals surface area contributed by atoms with Crippen LogP contribution in [0.25, 0.3) is 11.3 Å². The molecule has 0 fully saturated rings. The smallest absolute Gasteiger partial charge is 0.357 e. The van der Waals surface area contributed by atoms with E-state index < -0.39 is 17.6 Å². The molecule has 6 nitrogen and oxygen atoms in total. The Labute approximate surface area is 102 Å². The molecule has 2 N–H and O–H groups in total. The Bertz CT molecular complexity index is 617. The minimum atomic E-state index is -1.36. The predicted molar refractivity (Wildman–Crippen MR) is 62.6 cm³/mol. The molecule has 1 heterocycles. The van der Waals surface area contributed by atoms with E-state index in [1.165, 1.54) is 11.7 Å². The maximum absolute atomic E-state index is 11.2. The lowest BCUT2D eigenvalue weighted by Crippen LogP contribution is -2.07. The van der Waals surface area contributed by atoms with Crippen molar-refractivity contribution in [3.05, 3.63) is 41.6 Å². The van der Waals surface area contributed by atoms with Gasteiger partial charge in [-0.25, -0.2) is 9.59 Å². The molecule has 0 unspecified atom stereocenters. The number of carboxylic acids is 2. The van der Waals surface area contributed by atoms with Crippen LogP contribution in [0.5, 0.6) is 0 Å². The lowest BCUT2D eigenvalue weighted by molar-refractivity contribution is 0.0648. The number of aryl methyl sites for hydroxylation is 1. The summed E-state index contributed by atoms with van der Waals surface area (Å²) in [4.78, 5) is 22.2. The van der Waals surface area contributed by atoms with Gasteiger partial charge in [-0.15, -0.1) is 0 Å². The average Bonchev–Trinajstić information content (AvgIpc) is 2.68. The van der Waals surface area contributed by atoms with Gasteiger partial charge in [0.25, 0.3) is 0 Å². The van der Waals surface area contributed by atoms with Gasteiger partial charge in [0.05, 0.1) is 5.69 Å². The fraction of sp³-hybridized carbons (Fsp3) is 0.0833. The third-order valence-corrected chi connectivity index (χ3v) is 2.51. The molecule has 92 valence electrons. The summed E-state index contributed by atoms with van der Waals surface area (Å²) in [7, 11) is 1.52. The number of carbonyl (C=O) groups is 2. The van der Waals surface area contributed by atoms with Crippen LogP contribution in [0.2, 0.25) is 0 Å². The maximum atomic E-state index is 11.2. The molecule has 1 aromatic heterocycles. The number of carboxylic acid groups (broad SMARTS) is 2. The van der Waals surface area contributed by atoms with E-state index in [4.69, 9.17) is 10.2 Å². The highest BCUT2D eigenvalue weighted by atomic mass is 16.4. The molecule has 2 aromatic rings. The van der Waals surface area contributed by atoms with Crippen molar-refractivity contribution in [1.29, 1.82) is 0 Å². The molecule has 0 saturated carbocycles. The van der Waals surface area contributed by atoms with Crippen LogP contribution in [0.3, 0.4) is 0 Å². The van der Waals surface area contributed by atoms with Crippen LogP contribution in [0.15, 0.2) is 30.3 Å². The molecule has 0 amide bonds. The molecule has 1 aromatic carbocycles. The summed E-state index contributed by atoms with van der Waals surface area (Å²) in [6, 6.07) is 8.69. The Kier molecular flexibility index (Phi) is 2.85. The Morgan fingerprint density at radius 1 is 1.11 bits per heavy atom. The molecule has 18 heavy (non-hydrogen) atoms. The summed E-state index contributed by atoms with van der Waals surface area (Å²) in [5, 5.41) is 21.9. The minimum Gasteiger partial charge on any atom is -0.478 e. The van der Waals surface area contributed by atoms with Crippen LogP contribution in [0.4, 0.5) is 0 Å². The van der Waals surface area contributed by atoms with E-state index in [2.05, 4.69) is 5.10 Å². The van der Waals surface area contributed by atoms with Gasteiger partial charge in [0.1, 0.15) is 5.56 Å². The number of aromatic nitrogens is 2. The van der Waals surface area contributed by atoms with Crippen molar-refractivity contribution in [2.24, 2.45) is 7.05 Å². The molecule has 0 aliphatic rings. The number of benzene rings is 1. The molecule has 0 aliphatic carbocycles. The number of hydrogen-bond donors (Lipinski definition) is 2. The SMILES string of the molecule is Cn1nc(C(=O)O)c(C(=O)O)c1-c1ccccc1. The summed E-state index contributed by atoms with van der Waals surface area (Å²) < 4.78 is 1.27. The molecule has 6 heteroatoms. The summed E-state index contributed by atoms with van der Waals surface area (Å²) in [6.45, 7) is 0. The lowest BCUT2D eigenvalue weighted by Gasteiger charge is -2.03. The van der Waals surface area contributed by atoms with Crippen molar-refractivity contribution in [3.8, 4) is 11.3 Å². The molecule has 2 rings (SSSR count). The molecule has 0 saturated heterocycles. The van der Waals surface area contributed by atoms with E-state index in [0.29, 0.717) is 5.56 Å². The molecule has 0 radical (unpaired) electrons.